The predicted octanol–water partition coefficient (Wildman–Crippen LogP) is 3.13. The first-order valence-corrected chi connectivity index (χ1v) is 6.35. The second-order valence-electron chi connectivity index (χ2n) is 4.62. The number of rotatable bonds is 5. The topological polar surface area (TPSA) is 37.3 Å². The lowest BCUT2D eigenvalue weighted by molar-refractivity contribution is -0.127. The van der Waals surface area contributed by atoms with Gasteiger partial charge in [0.15, 0.2) is 11.4 Å². The van der Waals surface area contributed by atoms with E-state index in [0.29, 0.717) is 0 Å². The number of benzene rings is 1. The number of aliphatic hydroxyl groups is 1. The number of carbonyl (C=O) groups is 1. The Labute approximate surface area is 108 Å². The summed E-state index contributed by atoms with van der Waals surface area (Å²) in [5.74, 6) is -0.190. The van der Waals surface area contributed by atoms with Crippen molar-refractivity contribution in [2.75, 3.05) is 0 Å². The third-order valence-electron chi connectivity index (χ3n) is 3.44. The summed E-state index contributed by atoms with van der Waals surface area (Å²) in [6, 6.07) is 9.58. The molecule has 1 unspecified atom stereocenters. The molecule has 2 nitrogen and oxygen atoms in total. The van der Waals surface area contributed by atoms with E-state index in [1.807, 2.05) is 30.3 Å². The summed E-state index contributed by atoms with van der Waals surface area (Å²) >= 11 is 0. The Morgan fingerprint density at radius 1 is 1.33 bits per heavy atom. The van der Waals surface area contributed by atoms with Gasteiger partial charge in [-0.2, -0.15) is 0 Å². The van der Waals surface area contributed by atoms with Gasteiger partial charge in [0.25, 0.3) is 0 Å². The highest BCUT2D eigenvalue weighted by molar-refractivity contribution is 6.25. The highest BCUT2D eigenvalue weighted by atomic mass is 16.3. The highest BCUT2D eigenvalue weighted by Gasteiger charge is 2.49. The second-order valence-corrected chi connectivity index (χ2v) is 4.62. The summed E-state index contributed by atoms with van der Waals surface area (Å²) in [6.07, 6.45) is 4.07. The van der Waals surface area contributed by atoms with Crippen molar-refractivity contribution in [3.8, 4) is 0 Å². The van der Waals surface area contributed by atoms with E-state index in [-0.39, 0.29) is 5.78 Å². The largest absolute Gasteiger partial charge is 0.373 e. The van der Waals surface area contributed by atoms with Gasteiger partial charge in [0.05, 0.1) is 0 Å². The van der Waals surface area contributed by atoms with Gasteiger partial charge < -0.3 is 5.11 Å². The fourth-order valence-corrected chi connectivity index (χ4v) is 2.41. The fourth-order valence-electron chi connectivity index (χ4n) is 2.41. The van der Waals surface area contributed by atoms with Crippen molar-refractivity contribution in [1.29, 1.82) is 0 Å². The predicted molar refractivity (Wildman–Crippen MR) is 73.0 cm³/mol. The molecule has 0 bridgehead atoms. The average molecular weight is 242 g/mol. The first kappa shape index (κ1) is 12.8. The lowest BCUT2D eigenvalue weighted by Crippen LogP contribution is -2.48. The SMILES string of the molecule is C=CC1(O)C(=O)C(CCCC)=C1c1ccccc1. The van der Waals surface area contributed by atoms with Gasteiger partial charge in [-0.25, -0.2) is 0 Å². The van der Waals surface area contributed by atoms with Crippen molar-refractivity contribution in [2.45, 2.75) is 31.8 Å². The summed E-state index contributed by atoms with van der Waals surface area (Å²) in [6.45, 7) is 5.68. The van der Waals surface area contributed by atoms with Gasteiger partial charge in [-0.3, -0.25) is 4.79 Å². The molecular weight excluding hydrogens is 224 g/mol. The van der Waals surface area contributed by atoms with Crippen LogP contribution in [0.4, 0.5) is 0 Å². The van der Waals surface area contributed by atoms with Gasteiger partial charge in [0.1, 0.15) is 0 Å². The zero-order valence-electron chi connectivity index (χ0n) is 10.6. The van der Waals surface area contributed by atoms with Gasteiger partial charge in [0, 0.05) is 11.1 Å². The first-order valence-electron chi connectivity index (χ1n) is 6.35. The number of hydrogen-bond acceptors (Lipinski definition) is 2. The first-order chi connectivity index (χ1) is 8.65. The zero-order valence-corrected chi connectivity index (χ0v) is 10.6. The van der Waals surface area contributed by atoms with Gasteiger partial charge >= 0.3 is 0 Å². The van der Waals surface area contributed by atoms with E-state index in [9.17, 15) is 9.90 Å². The number of ketones is 1. The Kier molecular flexibility index (Phi) is 3.48. The molecule has 2 rings (SSSR count). The van der Waals surface area contributed by atoms with Crippen LogP contribution >= 0.6 is 0 Å². The summed E-state index contributed by atoms with van der Waals surface area (Å²) in [5.41, 5.74) is 0.914. The summed E-state index contributed by atoms with van der Waals surface area (Å²) in [7, 11) is 0. The molecule has 0 radical (unpaired) electrons. The van der Waals surface area contributed by atoms with Crippen molar-refractivity contribution in [3.63, 3.8) is 0 Å². The molecule has 1 aromatic rings. The van der Waals surface area contributed by atoms with Crippen LogP contribution in [0.5, 0.6) is 0 Å². The molecule has 94 valence electrons. The monoisotopic (exact) mass is 242 g/mol. The molecule has 18 heavy (non-hydrogen) atoms. The number of hydrogen-bond donors (Lipinski definition) is 1. The maximum absolute atomic E-state index is 12.0. The van der Waals surface area contributed by atoms with Gasteiger partial charge in [-0.15, -0.1) is 0 Å². The second kappa shape index (κ2) is 4.91. The maximum Gasteiger partial charge on any atom is 0.199 e. The molecule has 1 atom stereocenters. The average Bonchev–Trinajstić information content (AvgIpc) is 2.42. The number of unbranched alkanes of at least 4 members (excludes halogenated alkanes) is 1. The minimum Gasteiger partial charge on any atom is -0.373 e. The minimum absolute atomic E-state index is 0.190. The van der Waals surface area contributed by atoms with Crippen LogP contribution in [0.25, 0.3) is 5.57 Å². The molecule has 2 heteroatoms. The van der Waals surface area contributed by atoms with E-state index < -0.39 is 5.60 Å². The standard InChI is InChI=1S/C16H18O2/c1-3-5-11-13-14(12-9-7-6-8-10-12)16(18,4-2)15(13)17/h4,6-10,18H,2-3,5,11H2,1H3. The van der Waals surface area contributed by atoms with Crippen LogP contribution in [-0.4, -0.2) is 16.5 Å². The van der Waals surface area contributed by atoms with Crippen LogP contribution in [0, 0.1) is 0 Å². The molecule has 0 saturated carbocycles. The maximum atomic E-state index is 12.0. The molecule has 0 fully saturated rings. The third kappa shape index (κ3) is 1.83. The van der Waals surface area contributed by atoms with Crippen LogP contribution in [0.15, 0.2) is 48.6 Å². The molecule has 1 aliphatic carbocycles. The molecule has 0 aromatic heterocycles. The van der Waals surface area contributed by atoms with Gasteiger partial charge in [0.2, 0.25) is 0 Å². The molecule has 0 amide bonds. The molecule has 0 spiro atoms. The van der Waals surface area contributed by atoms with Crippen molar-refractivity contribution in [3.05, 3.63) is 54.1 Å². The number of carbonyl (C=O) groups excluding carboxylic acids is 1. The van der Waals surface area contributed by atoms with Crippen LogP contribution in [0.3, 0.4) is 0 Å². The number of Topliss-reactive ketones (excluding diaryl/α,β-unsaturated/α-hetero) is 1. The molecule has 0 aliphatic heterocycles. The van der Waals surface area contributed by atoms with Crippen LogP contribution in [0.2, 0.25) is 0 Å². The lowest BCUT2D eigenvalue weighted by Gasteiger charge is -2.38. The van der Waals surface area contributed by atoms with E-state index >= 15 is 0 Å². The highest BCUT2D eigenvalue weighted by Crippen LogP contribution is 2.44. The molecule has 1 aromatic carbocycles. The summed E-state index contributed by atoms with van der Waals surface area (Å²) < 4.78 is 0. The lowest BCUT2D eigenvalue weighted by atomic mass is 9.67. The van der Waals surface area contributed by atoms with E-state index in [1.165, 1.54) is 6.08 Å². The third-order valence-corrected chi connectivity index (χ3v) is 3.44. The molecule has 1 aliphatic rings. The Morgan fingerprint density at radius 3 is 2.56 bits per heavy atom. The molecular formula is C16H18O2. The Balaban J connectivity index is 2.45. The Bertz CT molecular complexity index is 499. The normalized spacial score (nSPS) is 22.9. The molecule has 0 saturated heterocycles. The van der Waals surface area contributed by atoms with E-state index in [0.717, 1.165) is 36.0 Å². The minimum atomic E-state index is -1.48. The zero-order chi connectivity index (χ0) is 13.2. The van der Waals surface area contributed by atoms with Crippen LogP contribution in [0.1, 0.15) is 31.7 Å². The van der Waals surface area contributed by atoms with Crippen molar-refractivity contribution in [1.82, 2.24) is 0 Å². The van der Waals surface area contributed by atoms with Crippen LogP contribution < -0.4 is 0 Å². The Hall–Kier alpha value is -1.67. The molecule has 1 N–H and O–H groups in total. The Morgan fingerprint density at radius 2 is 2.00 bits per heavy atom. The van der Waals surface area contributed by atoms with E-state index in [4.69, 9.17) is 0 Å². The quantitative estimate of drug-likeness (QED) is 0.805. The summed E-state index contributed by atoms with van der Waals surface area (Å²) in [5, 5.41) is 10.3. The van der Waals surface area contributed by atoms with Gasteiger partial charge in [-0.05, 0) is 24.5 Å². The fraction of sp³-hybridized carbons (Fsp3) is 0.312. The van der Waals surface area contributed by atoms with Crippen molar-refractivity contribution in [2.24, 2.45) is 0 Å². The van der Waals surface area contributed by atoms with Crippen molar-refractivity contribution < 1.29 is 9.90 Å². The summed E-state index contributed by atoms with van der Waals surface area (Å²) in [4.78, 5) is 12.0. The molecule has 0 heterocycles. The van der Waals surface area contributed by atoms with Gasteiger partial charge in [-0.1, -0.05) is 50.3 Å². The van der Waals surface area contributed by atoms with E-state index in [2.05, 4.69) is 13.5 Å². The smallest absolute Gasteiger partial charge is 0.199 e. The van der Waals surface area contributed by atoms with E-state index in [1.54, 1.807) is 0 Å². The van der Waals surface area contributed by atoms with Crippen LogP contribution in [-0.2, 0) is 4.79 Å². The van der Waals surface area contributed by atoms with Crippen molar-refractivity contribution >= 4 is 11.4 Å².